The number of nitrogens with zero attached hydrogens (tertiary/aromatic N) is 1. The number of urea groups is 1. The van der Waals surface area contributed by atoms with Crippen LogP contribution in [0.15, 0.2) is 47.8 Å². The molecular formula is C20H28N4O2S. The zero-order valence-corrected chi connectivity index (χ0v) is 16.7. The number of likely N-dealkylation sites (N-methyl/N-ethyl adjacent to an activating group) is 1. The predicted molar refractivity (Wildman–Crippen MR) is 110 cm³/mol. The predicted octanol–water partition coefficient (Wildman–Crippen LogP) is 3.05. The van der Waals surface area contributed by atoms with Crippen molar-refractivity contribution in [1.29, 1.82) is 0 Å². The van der Waals surface area contributed by atoms with Crippen LogP contribution in [-0.2, 0) is 4.79 Å². The van der Waals surface area contributed by atoms with Crippen molar-refractivity contribution in [3.63, 3.8) is 0 Å². The van der Waals surface area contributed by atoms with Crippen molar-refractivity contribution in [2.75, 3.05) is 19.6 Å². The Morgan fingerprint density at radius 1 is 1.11 bits per heavy atom. The fourth-order valence-corrected chi connectivity index (χ4v) is 3.93. The Hall–Kier alpha value is -2.38. The standard InChI is InChI=1S/C20H28N4O2S/c1-3-24(4-2)17(15-9-6-5-7-10-15)14-22-19(25)13-16(23-20(21)26)18-11-8-12-27-18/h5-12,16-17H,3-4,13-14H2,1-2H3,(H,22,25)(H3,21,23,26). The third-order valence-corrected chi connectivity index (χ3v) is 5.51. The molecule has 2 rings (SSSR count). The van der Waals surface area contributed by atoms with Crippen LogP contribution in [0.5, 0.6) is 0 Å². The minimum Gasteiger partial charge on any atom is -0.354 e. The molecule has 6 nitrogen and oxygen atoms in total. The highest BCUT2D eigenvalue weighted by Gasteiger charge is 2.21. The van der Waals surface area contributed by atoms with Gasteiger partial charge in [-0.3, -0.25) is 9.69 Å². The van der Waals surface area contributed by atoms with Crippen molar-refractivity contribution in [2.24, 2.45) is 5.73 Å². The van der Waals surface area contributed by atoms with Crippen molar-refractivity contribution >= 4 is 23.3 Å². The molecule has 2 aromatic rings. The summed E-state index contributed by atoms with van der Waals surface area (Å²) in [6, 6.07) is 13.0. The summed E-state index contributed by atoms with van der Waals surface area (Å²) in [6.45, 7) is 6.54. The lowest BCUT2D eigenvalue weighted by atomic mass is 10.0. The summed E-state index contributed by atoms with van der Waals surface area (Å²) in [5.41, 5.74) is 6.44. The largest absolute Gasteiger partial charge is 0.354 e. The summed E-state index contributed by atoms with van der Waals surface area (Å²) in [5.74, 6) is -0.116. The average molecular weight is 389 g/mol. The maximum atomic E-state index is 12.5. The number of amides is 3. The first kappa shape index (κ1) is 20.9. The van der Waals surface area contributed by atoms with Crippen molar-refractivity contribution in [1.82, 2.24) is 15.5 Å². The molecule has 1 heterocycles. The van der Waals surface area contributed by atoms with Crippen LogP contribution < -0.4 is 16.4 Å². The van der Waals surface area contributed by atoms with Crippen LogP contribution in [0, 0.1) is 0 Å². The number of primary amides is 1. The smallest absolute Gasteiger partial charge is 0.312 e. The van der Waals surface area contributed by atoms with E-state index in [1.165, 1.54) is 16.9 Å². The molecule has 0 saturated heterocycles. The first-order valence-electron chi connectivity index (χ1n) is 9.20. The quantitative estimate of drug-likeness (QED) is 0.585. The van der Waals surface area contributed by atoms with E-state index in [1.54, 1.807) is 0 Å². The van der Waals surface area contributed by atoms with Crippen molar-refractivity contribution in [3.8, 4) is 0 Å². The molecular weight excluding hydrogens is 360 g/mol. The van der Waals surface area contributed by atoms with Gasteiger partial charge in [0.2, 0.25) is 5.91 Å². The van der Waals surface area contributed by atoms with Gasteiger partial charge in [-0.2, -0.15) is 0 Å². The van der Waals surface area contributed by atoms with E-state index in [-0.39, 0.29) is 18.4 Å². The third kappa shape index (κ3) is 6.37. The van der Waals surface area contributed by atoms with Crippen LogP contribution in [0.25, 0.3) is 0 Å². The maximum absolute atomic E-state index is 12.5. The second-order valence-electron chi connectivity index (χ2n) is 6.23. The fourth-order valence-electron chi connectivity index (χ4n) is 3.15. The molecule has 2 atom stereocenters. The molecule has 0 aliphatic heterocycles. The van der Waals surface area contributed by atoms with Crippen molar-refractivity contribution < 1.29 is 9.59 Å². The molecule has 7 heteroatoms. The van der Waals surface area contributed by atoms with Gasteiger partial charge in [-0.05, 0) is 30.1 Å². The number of nitrogens with one attached hydrogen (secondary N) is 2. The van der Waals surface area contributed by atoms with Crippen LogP contribution in [0.1, 0.15) is 42.8 Å². The second kappa shape index (κ2) is 10.7. The summed E-state index contributed by atoms with van der Waals surface area (Å²) >= 11 is 1.49. The van der Waals surface area contributed by atoms with E-state index < -0.39 is 12.1 Å². The molecule has 0 spiro atoms. The van der Waals surface area contributed by atoms with Crippen molar-refractivity contribution in [3.05, 3.63) is 58.3 Å². The third-order valence-electron chi connectivity index (χ3n) is 4.52. The van der Waals surface area contributed by atoms with E-state index in [0.717, 1.165) is 18.0 Å². The minimum absolute atomic E-state index is 0.106. The number of benzene rings is 1. The van der Waals surface area contributed by atoms with Crippen LogP contribution in [0.2, 0.25) is 0 Å². The van der Waals surface area contributed by atoms with Gasteiger partial charge in [-0.1, -0.05) is 50.2 Å². The van der Waals surface area contributed by atoms with E-state index in [9.17, 15) is 9.59 Å². The minimum atomic E-state index is -0.633. The molecule has 0 aliphatic carbocycles. The molecule has 0 fully saturated rings. The molecule has 3 amide bonds. The van der Waals surface area contributed by atoms with E-state index in [4.69, 9.17) is 5.73 Å². The molecule has 1 aromatic carbocycles. The molecule has 27 heavy (non-hydrogen) atoms. The van der Waals surface area contributed by atoms with E-state index >= 15 is 0 Å². The number of rotatable bonds is 10. The topological polar surface area (TPSA) is 87.5 Å². The molecule has 146 valence electrons. The molecule has 0 bridgehead atoms. The van der Waals surface area contributed by atoms with Gasteiger partial charge in [0.05, 0.1) is 18.5 Å². The first-order valence-corrected chi connectivity index (χ1v) is 10.1. The number of carbonyl (C=O) groups is 2. The Morgan fingerprint density at radius 2 is 1.81 bits per heavy atom. The highest BCUT2D eigenvalue weighted by Crippen LogP contribution is 2.23. The number of carbonyl (C=O) groups excluding carboxylic acids is 2. The normalized spacial score (nSPS) is 13.1. The summed E-state index contributed by atoms with van der Waals surface area (Å²) in [5, 5.41) is 7.59. The zero-order chi connectivity index (χ0) is 19.6. The molecule has 0 radical (unpaired) electrons. The van der Waals surface area contributed by atoms with Gasteiger partial charge >= 0.3 is 6.03 Å². The molecule has 0 aliphatic rings. The highest BCUT2D eigenvalue weighted by atomic mass is 32.1. The lowest BCUT2D eigenvalue weighted by Crippen LogP contribution is -2.40. The van der Waals surface area contributed by atoms with Crippen molar-refractivity contribution in [2.45, 2.75) is 32.4 Å². The molecule has 1 aromatic heterocycles. The van der Waals surface area contributed by atoms with Gasteiger partial charge in [0.15, 0.2) is 0 Å². The zero-order valence-electron chi connectivity index (χ0n) is 15.9. The summed E-state index contributed by atoms with van der Waals surface area (Å²) in [6.07, 6.45) is 0.156. The van der Waals surface area contributed by atoms with E-state index in [2.05, 4.69) is 41.5 Å². The van der Waals surface area contributed by atoms with Crippen LogP contribution >= 0.6 is 11.3 Å². The van der Waals surface area contributed by atoms with Gasteiger partial charge in [-0.25, -0.2) is 4.79 Å². The first-order chi connectivity index (χ1) is 13.0. The van der Waals surface area contributed by atoms with Gasteiger partial charge in [0, 0.05) is 11.4 Å². The average Bonchev–Trinajstić information content (AvgIpc) is 3.19. The maximum Gasteiger partial charge on any atom is 0.312 e. The summed E-state index contributed by atoms with van der Waals surface area (Å²) < 4.78 is 0. The number of nitrogens with two attached hydrogens (primary N) is 1. The fraction of sp³-hybridized carbons (Fsp3) is 0.400. The van der Waals surface area contributed by atoms with Crippen LogP contribution in [-0.4, -0.2) is 36.5 Å². The Balaban J connectivity index is 2.02. The lowest BCUT2D eigenvalue weighted by Gasteiger charge is -2.30. The van der Waals surface area contributed by atoms with Gasteiger partial charge in [0.25, 0.3) is 0 Å². The van der Waals surface area contributed by atoms with Crippen LogP contribution in [0.3, 0.4) is 0 Å². The van der Waals surface area contributed by atoms with Crippen LogP contribution in [0.4, 0.5) is 4.79 Å². The highest BCUT2D eigenvalue weighted by molar-refractivity contribution is 7.10. The molecule has 4 N–H and O–H groups in total. The van der Waals surface area contributed by atoms with Gasteiger partial charge in [-0.15, -0.1) is 11.3 Å². The SMILES string of the molecule is CCN(CC)C(CNC(=O)CC(NC(N)=O)c1cccs1)c1ccccc1. The van der Waals surface area contributed by atoms with E-state index in [0.29, 0.717) is 6.54 Å². The monoisotopic (exact) mass is 388 g/mol. The number of hydrogen-bond acceptors (Lipinski definition) is 4. The summed E-state index contributed by atoms with van der Waals surface area (Å²) in [4.78, 5) is 27.1. The van der Waals surface area contributed by atoms with Gasteiger partial charge in [0.1, 0.15) is 0 Å². The summed E-state index contributed by atoms with van der Waals surface area (Å²) in [7, 11) is 0. The Bertz CT molecular complexity index is 702. The molecule has 0 saturated carbocycles. The van der Waals surface area contributed by atoms with Gasteiger partial charge < -0.3 is 16.4 Å². The number of thiophene rings is 1. The molecule has 2 unspecified atom stereocenters. The Labute approximate surface area is 164 Å². The second-order valence-corrected chi connectivity index (χ2v) is 7.21. The Kier molecular flexibility index (Phi) is 8.29. The number of hydrogen-bond donors (Lipinski definition) is 3. The van der Waals surface area contributed by atoms with E-state index in [1.807, 2.05) is 35.7 Å². The lowest BCUT2D eigenvalue weighted by molar-refractivity contribution is -0.121. The Morgan fingerprint density at radius 3 is 2.37 bits per heavy atom.